The van der Waals surface area contributed by atoms with Gasteiger partial charge in [0.1, 0.15) is 5.60 Å². The molecule has 1 spiro atoms. The summed E-state index contributed by atoms with van der Waals surface area (Å²) in [6.07, 6.45) is 2.40. The molecule has 2 rings (SSSR count). The Morgan fingerprint density at radius 3 is 2.58 bits per heavy atom. The molecule has 110 valence electrons. The molecular formula is C13H24N2O3S. The van der Waals surface area contributed by atoms with Gasteiger partial charge >= 0.3 is 6.09 Å². The zero-order chi connectivity index (χ0) is 14.3. The molecule has 2 aliphatic heterocycles. The SMILES string of the molecule is CC(C)(C)OC(=O)N1CCCC2(CCS(=N)(=O)C2)C1. The van der Waals surface area contributed by atoms with Crippen molar-refractivity contribution < 1.29 is 13.7 Å². The molecule has 0 aliphatic carbocycles. The summed E-state index contributed by atoms with van der Waals surface area (Å²) in [5, 5.41) is 0. The topological polar surface area (TPSA) is 70.5 Å². The normalized spacial score (nSPS) is 35.6. The van der Waals surface area contributed by atoms with Gasteiger partial charge in [-0.25, -0.2) is 9.00 Å². The molecule has 0 aromatic carbocycles. The highest BCUT2D eigenvalue weighted by molar-refractivity contribution is 7.92. The number of likely N-dealkylation sites (tertiary alicyclic amines) is 1. The third-order valence-corrected chi connectivity index (χ3v) is 5.76. The third kappa shape index (κ3) is 3.61. The second-order valence-electron chi connectivity index (χ2n) is 6.92. The van der Waals surface area contributed by atoms with Crippen molar-refractivity contribution in [1.82, 2.24) is 4.90 Å². The van der Waals surface area contributed by atoms with Crippen LogP contribution in [0, 0.1) is 10.2 Å². The van der Waals surface area contributed by atoms with Crippen LogP contribution < -0.4 is 0 Å². The Balaban J connectivity index is 2.04. The number of rotatable bonds is 0. The number of nitrogens with one attached hydrogen (secondary N) is 1. The quantitative estimate of drug-likeness (QED) is 0.744. The van der Waals surface area contributed by atoms with E-state index in [0.29, 0.717) is 24.6 Å². The monoisotopic (exact) mass is 288 g/mol. The summed E-state index contributed by atoms with van der Waals surface area (Å²) >= 11 is 0. The molecule has 1 amide bonds. The molecule has 1 N–H and O–H groups in total. The van der Waals surface area contributed by atoms with E-state index in [1.165, 1.54) is 0 Å². The minimum atomic E-state index is -2.42. The van der Waals surface area contributed by atoms with Crippen LogP contribution in [-0.2, 0) is 14.5 Å². The van der Waals surface area contributed by atoms with Gasteiger partial charge < -0.3 is 9.64 Å². The van der Waals surface area contributed by atoms with Crippen LogP contribution in [0.4, 0.5) is 4.79 Å². The summed E-state index contributed by atoms with van der Waals surface area (Å²) in [7, 11) is -2.42. The van der Waals surface area contributed by atoms with Crippen LogP contribution >= 0.6 is 0 Å². The van der Waals surface area contributed by atoms with Crippen molar-refractivity contribution in [2.75, 3.05) is 24.6 Å². The second kappa shape index (κ2) is 4.65. The maximum Gasteiger partial charge on any atom is 0.410 e. The number of nitrogens with zero attached hydrogens (tertiary/aromatic N) is 1. The highest BCUT2D eigenvalue weighted by Gasteiger charge is 2.44. The van der Waals surface area contributed by atoms with E-state index in [-0.39, 0.29) is 11.5 Å². The van der Waals surface area contributed by atoms with Crippen molar-refractivity contribution >= 4 is 15.8 Å². The van der Waals surface area contributed by atoms with Gasteiger partial charge in [0.2, 0.25) is 0 Å². The van der Waals surface area contributed by atoms with E-state index in [1.54, 1.807) is 4.90 Å². The number of carbonyl (C=O) groups is 1. The van der Waals surface area contributed by atoms with Gasteiger partial charge in [0, 0.05) is 39.7 Å². The summed E-state index contributed by atoms with van der Waals surface area (Å²) < 4.78 is 25.1. The molecule has 2 aliphatic rings. The van der Waals surface area contributed by atoms with Gasteiger partial charge in [-0.05, 0) is 40.0 Å². The lowest BCUT2D eigenvalue weighted by molar-refractivity contribution is 0.00768. The first kappa shape index (κ1) is 14.6. The lowest BCUT2D eigenvalue weighted by Gasteiger charge is -2.40. The first-order valence-corrected chi connectivity index (χ1v) is 8.73. The maximum absolute atomic E-state index is 12.1. The lowest BCUT2D eigenvalue weighted by Crippen LogP contribution is -2.48. The molecular weight excluding hydrogens is 264 g/mol. The van der Waals surface area contributed by atoms with Crippen LogP contribution in [-0.4, -0.2) is 45.4 Å². The van der Waals surface area contributed by atoms with Crippen molar-refractivity contribution in [3.63, 3.8) is 0 Å². The zero-order valence-corrected chi connectivity index (χ0v) is 12.8. The van der Waals surface area contributed by atoms with Gasteiger partial charge in [-0.15, -0.1) is 0 Å². The van der Waals surface area contributed by atoms with Crippen molar-refractivity contribution in [3.8, 4) is 0 Å². The largest absolute Gasteiger partial charge is 0.444 e. The van der Waals surface area contributed by atoms with Gasteiger partial charge in [-0.2, -0.15) is 0 Å². The van der Waals surface area contributed by atoms with E-state index in [0.717, 1.165) is 19.3 Å². The van der Waals surface area contributed by atoms with Crippen LogP contribution in [0.2, 0.25) is 0 Å². The summed E-state index contributed by atoms with van der Waals surface area (Å²) in [4.78, 5) is 13.8. The molecule has 6 heteroatoms. The Bertz CT molecular complexity index is 467. The Morgan fingerprint density at radius 1 is 1.37 bits per heavy atom. The number of hydrogen-bond donors (Lipinski definition) is 1. The van der Waals surface area contributed by atoms with Gasteiger partial charge in [-0.3, -0.25) is 4.78 Å². The minimum absolute atomic E-state index is 0.103. The number of ether oxygens (including phenoxy) is 1. The van der Waals surface area contributed by atoms with Crippen molar-refractivity contribution in [2.45, 2.75) is 45.6 Å². The van der Waals surface area contributed by atoms with Crippen LogP contribution in [0.3, 0.4) is 0 Å². The predicted octanol–water partition coefficient (Wildman–Crippen LogP) is 2.45. The van der Waals surface area contributed by atoms with E-state index in [9.17, 15) is 9.00 Å². The smallest absolute Gasteiger partial charge is 0.410 e. The Labute approximate surface area is 115 Å². The van der Waals surface area contributed by atoms with Crippen molar-refractivity contribution in [2.24, 2.45) is 5.41 Å². The number of hydrogen-bond acceptors (Lipinski definition) is 4. The van der Waals surface area contributed by atoms with Crippen LogP contribution in [0.5, 0.6) is 0 Å². The summed E-state index contributed by atoms with van der Waals surface area (Å²) in [6.45, 7) is 6.87. The lowest BCUT2D eigenvalue weighted by atomic mass is 9.80. The predicted molar refractivity (Wildman–Crippen MR) is 74.7 cm³/mol. The molecule has 5 nitrogen and oxygen atoms in total. The molecule has 0 bridgehead atoms. The fourth-order valence-corrected chi connectivity index (χ4v) is 5.31. The molecule has 2 heterocycles. The van der Waals surface area contributed by atoms with Crippen molar-refractivity contribution in [3.05, 3.63) is 0 Å². The summed E-state index contributed by atoms with van der Waals surface area (Å²) in [5.74, 6) is 0.925. The van der Waals surface area contributed by atoms with Crippen LogP contribution in [0.25, 0.3) is 0 Å². The van der Waals surface area contributed by atoms with E-state index in [2.05, 4.69) is 0 Å². The van der Waals surface area contributed by atoms with Crippen molar-refractivity contribution in [1.29, 1.82) is 4.78 Å². The molecule has 2 unspecified atom stereocenters. The van der Waals surface area contributed by atoms with Gasteiger partial charge in [0.15, 0.2) is 0 Å². The number of piperidine rings is 1. The molecule has 2 saturated heterocycles. The average Bonchev–Trinajstić information content (AvgIpc) is 2.52. The maximum atomic E-state index is 12.1. The fraction of sp³-hybridized carbons (Fsp3) is 0.923. The van der Waals surface area contributed by atoms with Gasteiger partial charge in [0.25, 0.3) is 0 Å². The van der Waals surface area contributed by atoms with Crippen LogP contribution in [0.15, 0.2) is 0 Å². The standard InChI is InChI=1S/C13H24N2O3S/c1-12(2,3)18-11(16)15-7-4-5-13(9-15)6-8-19(14,17)10-13/h14H,4-10H2,1-3H3. The first-order valence-electron chi connectivity index (χ1n) is 6.83. The average molecular weight is 288 g/mol. The summed E-state index contributed by atoms with van der Waals surface area (Å²) in [6, 6.07) is 0. The van der Waals surface area contributed by atoms with E-state index in [1.807, 2.05) is 20.8 Å². The highest BCUT2D eigenvalue weighted by Crippen LogP contribution is 2.40. The molecule has 0 aromatic rings. The molecule has 0 aromatic heterocycles. The van der Waals surface area contributed by atoms with Crippen LogP contribution in [0.1, 0.15) is 40.0 Å². The summed E-state index contributed by atoms with van der Waals surface area (Å²) in [5.41, 5.74) is -0.589. The third-order valence-electron chi connectivity index (χ3n) is 3.81. The second-order valence-corrected chi connectivity index (χ2v) is 9.24. The Hall–Kier alpha value is -0.780. The van der Waals surface area contributed by atoms with E-state index < -0.39 is 15.3 Å². The fourth-order valence-electron chi connectivity index (χ4n) is 3.03. The zero-order valence-electron chi connectivity index (χ0n) is 12.0. The molecule has 2 fully saturated rings. The van der Waals surface area contributed by atoms with Gasteiger partial charge in [0.05, 0.1) is 0 Å². The highest BCUT2D eigenvalue weighted by atomic mass is 32.2. The van der Waals surface area contributed by atoms with E-state index >= 15 is 0 Å². The first-order chi connectivity index (χ1) is 8.61. The minimum Gasteiger partial charge on any atom is -0.444 e. The number of amides is 1. The molecule has 0 radical (unpaired) electrons. The Morgan fingerprint density at radius 2 is 2.05 bits per heavy atom. The Kier molecular flexibility index (Phi) is 3.58. The van der Waals surface area contributed by atoms with Gasteiger partial charge in [-0.1, -0.05) is 0 Å². The molecule has 2 atom stereocenters. The molecule has 19 heavy (non-hydrogen) atoms. The number of carbonyl (C=O) groups excluding carboxylic acids is 1. The molecule has 0 saturated carbocycles. The van der Waals surface area contributed by atoms with E-state index in [4.69, 9.17) is 9.52 Å².